The summed E-state index contributed by atoms with van der Waals surface area (Å²) >= 11 is 0. The first kappa shape index (κ1) is 13.8. The zero-order valence-electron chi connectivity index (χ0n) is 11.4. The van der Waals surface area contributed by atoms with Crippen LogP contribution in [0.1, 0.15) is 51.4 Å². The Morgan fingerprint density at radius 1 is 1.06 bits per heavy atom. The molecule has 0 aliphatic rings. The van der Waals surface area contributed by atoms with Crippen LogP contribution in [0.3, 0.4) is 0 Å². The highest BCUT2D eigenvalue weighted by atomic mass is 16.5. The molecule has 0 N–H and O–H groups in total. The normalized spacial score (nSPS) is 12.3. The molecule has 0 atom stereocenters. The Kier molecular flexibility index (Phi) is 3.97. The Bertz CT molecular complexity index is 369. The lowest BCUT2D eigenvalue weighted by molar-refractivity contribution is 0.0622. The fourth-order valence-electron chi connectivity index (χ4n) is 2.25. The van der Waals surface area contributed by atoms with Crippen molar-refractivity contribution in [3.05, 3.63) is 29.8 Å². The van der Waals surface area contributed by atoms with Gasteiger partial charge < -0.3 is 4.74 Å². The first-order chi connectivity index (χ1) is 7.72. The second-order valence-electron chi connectivity index (χ2n) is 6.29. The largest absolute Gasteiger partial charge is 0.488 e. The Morgan fingerprint density at radius 2 is 1.59 bits per heavy atom. The molecule has 0 radical (unpaired) electrons. The van der Waals surface area contributed by atoms with E-state index in [0.717, 1.165) is 18.5 Å². The summed E-state index contributed by atoms with van der Waals surface area (Å²) in [4.78, 5) is 10.5. The van der Waals surface area contributed by atoms with Crippen LogP contribution >= 0.6 is 0 Å². The highest BCUT2D eigenvalue weighted by molar-refractivity contribution is 5.74. The van der Waals surface area contributed by atoms with E-state index in [9.17, 15) is 4.79 Å². The standard InChI is InChI=1S/C15H22O2/c1-14(2,3)11-15(4,5)17-13-8-6-12(10-16)7-9-13/h6-10H,11H2,1-5H3. The van der Waals surface area contributed by atoms with Gasteiger partial charge >= 0.3 is 0 Å². The molecule has 2 nitrogen and oxygen atoms in total. The molecule has 0 saturated carbocycles. The van der Waals surface area contributed by atoms with Crippen molar-refractivity contribution in [3.63, 3.8) is 0 Å². The van der Waals surface area contributed by atoms with Gasteiger partial charge in [0.25, 0.3) is 0 Å². The van der Waals surface area contributed by atoms with Gasteiger partial charge in [0.15, 0.2) is 0 Å². The summed E-state index contributed by atoms with van der Waals surface area (Å²) in [6.45, 7) is 10.8. The number of carbonyl (C=O) groups excluding carboxylic acids is 1. The molecule has 2 heteroatoms. The molecule has 17 heavy (non-hydrogen) atoms. The molecule has 0 aromatic heterocycles. The third kappa shape index (κ3) is 5.03. The molecule has 0 saturated heterocycles. The maximum Gasteiger partial charge on any atom is 0.150 e. The Hall–Kier alpha value is -1.31. The second-order valence-corrected chi connectivity index (χ2v) is 6.29. The van der Waals surface area contributed by atoms with E-state index in [1.165, 1.54) is 0 Å². The van der Waals surface area contributed by atoms with Gasteiger partial charge in [-0.3, -0.25) is 4.79 Å². The molecule has 0 aliphatic heterocycles. The fourth-order valence-corrected chi connectivity index (χ4v) is 2.25. The molecule has 94 valence electrons. The van der Waals surface area contributed by atoms with Gasteiger partial charge in [-0.25, -0.2) is 0 Å². The average molecular weight is 234 g/mol. The smallest absolute Gasteiger partial charge is 0.150 e. The fraction of sp³-hybridized carbons (Fsp3) is 0.533. The topological polar surface area (TPSA) is 26.3 Å². The van der Waals surface area contributed by atoms with Crippen molar-refractivity contribution in [2.24, 2.45) is 5.41 Å². The first-order valence-corrected chi connectivity index (χ1v) is 5.96. The molecule has 0 bridgehead atoms. The molecule has 0 aliphatic carbocycles. The second kappa shape index (κ2) is 4.91. The van der Waals surface area contributed by atoms with Crippen LogP contribution in [-0.2, 0) is 0 Å². The first-order valence-electron chi connectivity index (χ1n) is 5.96. The van der Waals surface area contributed by atoms with E-state index in [1.54, 1.807) is 12.1 Å². The number of aldehydes is 1. The van der Waals surface area contributed by atoms with E-state index in [4.69, 9.17) is 4.74 Å². The van der Waals surface area contributed by atoms with Crippen molar-refractivity contribution in [2.45, 2.75) is 46.6 Å². The Morgan fingerprint density at radius 3 is 2.00 bits per heavy atom. The zero-order chi connectivity index (χ0) is 13.1. The summed E-state index contributed by atoms with van der Waals surface area (Å²) < 4.78 is 5.96. The quantitative estimate of drug-likeness (QED) is 0.733. The predicted molar refractivity (Wildman–Crippen MR) is 70.6 cm³/mol. The number of hydrogen-bond donors (Lipinski definition) is 0. The highest BCUT2D eigenvalue weighted by Crippen LogP contribution is 2.30. The van der Waals surface area contributed by atoms with Crippen molar-refractivity contribution in [2.75, 3.05) is 0 Å². The van der Waals surface area contributed by atoms with Crippen molar-refractivity contribution in [1.82, 2.24) is 0 Å². The maximum absolute atomic E-state index is 10.5. The predicted octanol–water partition coefficient (Wildman–Crippen LogP) is 4.09. The summed E-state index contributed by atoms with van der Waals surface area (Å²) in [5.41, 5.74) is 0.693. The molecule has 0 unspecified atom stereocenters. The third-order valence-electron chi connectivity index (χ3n) is 2.37. The summed E-state index contributed by atoms with van der Waals surface area (Å²) in [6.07, 6.45) is 1.81. The summed E-state index contributed by atoms with van der Waals surface area (Å²) in [5, 5.41) is 0. The lowest BCUT2D eigenvalue weighted by atomic mass is 9.83. The average Bonchev–Trinajstić information content (AvgIpc) is 2.14. The van der Waals surface area contributed by atoms with E-state index in [1.807, 2.05) is 12.1 Å². The van der Waals surface area contributed by atoms with E-state index >= 15 is 0 Å². The molecule has 0 amide bonds. The van der Waals surface area contributed by atoms with Gasteiger partial charge in [-0.2, -0.15) is 0 Å². The van der Waals surface area contributed by atoms with Crippen molar-refractivity contribution in [3.8, 4) is 5.75 Å². The summed E-state index contributed by atoms with van der Waals surface area (Å²) in [5.74, 6) is 0.810. The SMILES string of the molecule is CC(C)(C)CC(C)(C)Oc1ccc(C=O)cc1. The Labute approximate surface area is 104 Å². The van der Waals surface area contributed by atoms with E-state index < -0.39 is 0 Å². The van der Waals surface area contributed by atoms with Gasteiger partial charge in [-0.15, -0.1) is 0 Å². The van der Waals surface area contributed by atoms with Crippen LogP contribution in [-0.4, -0.2) is 11.9 Å². The van der Waals surface area contributed by atoms with Crippen LogP contribution in [0, 0.1) is 5.41 Å². The summed E-state index contributed by atoms with van der Waals surface area (Å²) in [7, 11) is 0. The lowest BCUT2D eigenvalue weighted by Crippen LogP contribution is -2.33. The van der Waals surface area contributed by atoms with Crippen LogP contribution in [0.15, 0.2) is 24.3 Å². The van der Waals surface area contributed by atoms with E-state index in [-0.39, 0.29) is 11.0 Å². The van der Waals surface area contributed by atoms with Crippen LogP contribution in [0.4, 0.5) is 0 Å². The van der Waals surface area contributed by atoms with Crippen molar-refractivity contribution in [1.29, 1.82) is 0 Å². The highest BCUT2D eigenvalue weighted by Gasteiger charge is 2.27. The molecule has 1 aromatic carbocycles. The molecule has 0 spiro atoms. The minimum atomic E-state index is -0.207. The van der Waals surface area contributed by atoms with Gasteiger partial charge in [-0.1, -0.05) is 20.8 Å². The van der Waals surface area contributed by atoms with Gasteiger partial charge in [-0.05, 0) is 49.9 Å². The molecule has 1 rings (SSSR count). The minimum Gasteiger partial charge on any atom is -0.488 e. The van der Waals surface area contributed by atoms with Crippen LogP contribution in [0.5, 0.6) is 5.75 Å². The summed E-state index contributed by atoms with van der Waals surface area (Å²) in [6, 6.07) is 7.23. The van der Waals surface area contributed by atoms with Gasteiger partial charge in [0, 0.05) is 5.56 Å². The number of hydrogen-bond acceptors (Lipinski definition) is 2. The van der Waals surface area contributed by atoms with Gasteiger partial charge in [0.05, 0.1) is 0 Å². The minimum absolute atomic E-state index is 0.207. The number of rotatable bonds is 4. The van der Waals surface area contributed by atoms with Crippen LogP contribution in [0.25, 0.3) is 0 Å². The molecule has 1 aromatic rings. The van der Waals surface area contributed by atoms with E-state index in [0.29, 0.717) is 5.56 Å². The van der Waals surface area contributed by atoms with Crippen LogP contribution < -0.4 is 4.74 Å². The Balaban J connectivity index is 2.72. The molecule has 0 heterocycles. The molecular weight excluding hydrogens is 212 g/mol. The number of benzene rings is 1. The molecular formula is C15H22O2. The maximum atomic E-state index is 10.5. The number of carbonyl (C=O) groups is 1. The zero-order valence-corrected chi connectivity index (χ0v) is 11.4. The third-order valence-corrected chi connectivity index (χ3v) is 2.37. The van der Waals surface area contributed by atoms with Crippen molar-refractivity contribution < 1.29 is 9.53 Å². The van der Waals surface area contributed by atoms with Crippen LogP contribution in [0.2, 0.25) is 0 Å². The number of ether oxygens (including phenoxy) is 1. The molecule has 0 fully saturated rings. The van der Waals surface area contributed by atoms with Gasteiger partial charge in [0.2, 0.25) is 0 Å². The van der Waals surface area contributed by atoms with Crippen molar-refractivity contribution >= 4 is 6.29 Å². The van der Waals surface area contributed by atoms with E-state index in [2.05, 4.69) is 34.6 Å². The lowest BCUT2D eigenvalue weighted by Gasteiger charge is -2.33. The van der Waals surface area contributed by atoms with Gasteiger partial charge in [0.1, 0.15) is 17.6 Å². The monoisotopic (exact) mass is 234 g/mol.